The molecule has 2 rings (SSSR count). The quantitative estimate of drug-likeness (QED) is 0.896. The highest BCUT2D eigenvalue weighted by Gasteiger charge is 2.37. The SMILES string of the molecule is CC(C)(C)C1NC(=O)CCN(Cc2ccccc2)C1=O. The van der Waals surface area contributed by atoms with Crippen molar-refractivity contribution in [2.45, 2.75) is 39.8 Å². The van der Waals surface area contributed by atoms with Gasteiger partial charge in [0, 0.05) is 19.5 Å². The van der Waals surface area contributed by atoms with Gasteiger partial charge in [-0.15, -0.1) is 0 Å². The monoisotopic (exact) mass is 274 g/mol. The third-order valence-electron chi connectivity index (χ3n) is 3.56. The molecule has 0 bridgehead atoms. The van der Waals surface area contributed by atoms with Crippen LogP contribution >= 0.6 is 0 Å². The summed E-state index contributed by atoms with van der Waals surface area (Å²) >= 11 is 0. The molecule has 108 valence electrons. The Hall–Kier alpha value is -1.84. The van der Waals surface area contributed by atoms with Crippen LogP contribution in [-0.4, -0.2) is 29.3 Å². The zero-order valence-corrected chi connectivity index (χ0v) is 12.3. The van der Waals surface area contributed by atoms with E-state index in [2.05, 4.69) is 5.32 Å². The van der Waals surface area contributed by atoms with Crippen molar-refractivity contribution in [2.75, 3.05) is 6.54 Å². The number of hydrogen-bond donors (Lipinski definition) is 1. The Balaban J connectivity index is 2.20. The molecule has 1 aromatic carbocycles. The molecule has 1 N–H and O–H groups in total. The van der Waals surface area contributed by atoms with E-state index in [9.17, 15) is 9.59 Å². The van der Waals surface area contributed by atoms with Crippen molar-refractivity contribution < 1.29 is 9.59 Å². The second kappa shape index (κ2) is 5.65. The summed E-state index contributed by atoms with van der Waals surface area (Å²) < 4.78 is 0. The standard InChI is InChI=1S/C16H22N2O2/c1-16(2,3)14-15(20)18(10-9-13(19)17-14)11-12-7-5-4-6-8-12/h4-8,14H,9-11H2,1-3H3,(H,17,19). The second-order valence-electron chi connectivity index (χ2n) is 6.36. The van der Waals surface area contributed by atoms with Crippen LogP contribution < -0.4 is 5.32 Å². The highest BCUT2D eigenvalue weighted by Crippen LogP contribution is 2.23. The number of nitrogens with one attached hydrogen (secondary N) is 1. The largest absolute Gasteiger partial charge is 0.344 e. The first-order valence-electron chi connectivity index (χ1n) is 7.00. The van der Waals surface area contributed by atoms with Gasteiger partial charge >= 0.3 is 0 Å². The maximum Gasteiger partial charge on any atom is 0.246 e. The van der Waals surface area contributed by atoms with Gasteiger partial charge in [-0.3, -0.25) is 9.59 Å². The van der Waals surface area contributed by atoms with E-state index in [4.69, 9.17) is 0 Å². The molecular weight excluding hydrogens is 252 g/mol. The molecule has 2 amide bonds. The van der Waals surface area contributed by atoms with E-state index in [-0.39, 0.29) is 17.2 Å². The van der Waals surface area contributed by atoms with Gasteiger partial charge in [0.2, 0.25) is 11.8 Å². The fourth-order valence-corrected chi connectivity index (χ4v) is 2.37. The van der Waals surface area contributed by atoms with Crippen LogP contribution in [0.25, 0.3) is 0 Å². The van der Waals surface area contributed by atoms with Crippen LogP contribution in [0.15, 0.2) is 30.3 Å². The highest BCUT2D eigenvalue weighted by molar-refractivity contribution is 5.90. The van der Waals surface area contributed by atoms with Gasteiger partial charge in [-0.1, -0.05) is 51.1 Å². The van der Waals surface area contributed by atoms with Crippen molar-refractivity contribution in [1.82, 2.24) is 10.2 Å². The van der Waals surface area contributed by atoms with Gasteiger partial charge in [0.15, 0.2) is 0 Å². The lowest BCUT2D eigenvalue weighted by atomic mass is 9.86. The molecule has 1 saturated heterocycles. The average molecular weight is 274 g/mol. The van der Waals surface area contributed by atoms with Crippen LogP contribution in [0, 0.1) is 5.41 Å². The predicted octanol–water partition coefficient (Wildman–Crippen LogP) is 1.95. The van der Waals surface area contributed by atoms with E-state index in [1.165, 1.54) is 0 Å². The van der Waals surface area contributed by atoms with Gasteiger partial charge < -0.3 is 10.2 Å². The van der Waals surface area contributed by atoms with E-state index < -0.39 is 6.04 Å². The molecule has 1 atom stereocenters. The molecule has 1 aliphatic heterocycles. The Bertz CT molecular complexity index is 491. The van der Waals surface area contributed by atoms with Crippen molar-refractivity contribution in [1.29, 1.82) is 0 Å². The topological polar surface area (TPSA) is 49.4 Å². The van der Waals surface area contributed by atoms with Gasteiger partial charge in [-0.2, -0.15) is 0 Å². The van der Waals surface area contributed by atoms with Crippen molar-refractivity contribution in [2.24, 2.45) is 5.41 Å². The lowest BCUT2D eigenvalue weighted by molar-refractivity contribution is -0.136. The summed E-state index contributed by atoms with van der Waals surface area (Å²) in [5.41, 5.74) is 0.800. The molecule has 1 aromatic rings. The van der Waals surface area contributed by atoms with Crippen LogP contribution in [0.1, 0.15) is 32.8 Å². The Kier molecular flexibility index (Phi) is 4.12. The number of carbonyl (C=O) groups is 2. The predicted molar refractivity (Wildman–Crippen MR) is 77.9 cm³/mol. The van der Waals surface area contributed by atoms with Crippen molar-refractivity contribution in [3.05, 3.63) is 35.9 Å². The van der Waals surface area contributed by atoms with E-state index in [0.29, 0.717) is 19.5 Å². The molecule has 0 aliphatic carbocycles. The summed E-state index contributed by atoms with van der Waals surface area (Å²) in [6.45, 7) is 6.96. The third-order valence-corrected chi connectivity index (χ3v) is 3.56. The van der Waals surface area contributed by atoms with E-state index >= 15 is 0 Å². The fraction of sp³-hybridized carbons (Fsp3) is 0.500. The molecule has 4 nitrogen and oxygen atoms in total. The third kappa shape index (κ3) is 3.38. The number of amides is 2. The normalized spacial score (nSPS) is 20.6. The minimum Gasteiger partial charge on any atom is -0.344 e. The maximum absolute atomic E-state index is 12.7. The summed E-state index contributed by atoms with van der Waals surface area (Å²) in [5, 5.41) is 2.85. The molecule has 20 heavy (non-hydrogen) atoms. The zero-order chi connectivity index (χ0) is 14.8. The number of rotatable bonds is 2. The molecule has 0 saturated carbocycles. The van der Waals surface area contributed by atoms with Crippen LogP contribution in [0.3, 0.4) is 0 Å². The van der Waals surface area contributed by atoms with Crippen molar-refractivity contribution in [3.63, 3.8) is 0 Å². The summed E-state index contributed by atoms with van der Waals surface area (Å²) in [5.74, 6) is -0.0407. The molecular formula is C16H22N2O2. The van der Waals surface area contributed by atoms with Crippen LogP contribution in [0.4, 0.5) is 0 Å². The minimum absolute atomic E-state index is 0.00667. The molecule has 1 unspecified atom stereocenters. The Morgan fingerprint density at radius 3 is 2.45 bits per heavy atom. The summed E-state index contributed by atoms with van der Waals surface area (Å²) in [6.07, 6.45) is 0.366. The van der Waals surface area contributed by atoms with E-state index in [0.717, 1.165) is 5.56 Å². The Morgan fingerprint density at radius 1 is 1.20 bits per heavy atom. The summed E-state index contributed by atoms with van der Waals surface area (Å²) in [7, 11) is 0. The van der Waals surface area contributed by atoms with E-state index in [1.807, 2.05) is 51.1 Å². The molecule has 0 radical (unpaired) electrons. The Morgan fingerprint density at radius 2 is 1.85 bits per heavy atom. The lowest BCUT2D eigenvalue weighted by Gasteiger charge is -2.32. The average Bonchev–Trinajstić information content (AvgIpc) is 2.52. The number of carbonyl (C=O) groups excluding carboxylic acids is 2. The first-order valence-corrected chi connectivity index (χ1v) is 7.00. The first kappa shape index (κ1) is 14.6. The van der Waals surface area contributed by atoms with Gasteiger partial charge in [0.05, 0.1) is 0 Å². The van der Waals surface area contributed by atoms with Gasteiger partial charge in [0.25, 0.3) is 0 Å². The molecule has 0 aromatic heterocycles. The maximum atomic E-state index is 12.7. The second-order valence-corrected chi connectivity index (χ2v) is 6.36. The zero-order valence-electron chi connectivity index (χ0n) is 12.3. The fourth-order valence-electron chi connectivity index (χ4n) is 2.37. The molecule has 1 fully saturated rings. The minimum atomic E-state index is -0.457. The van der Waals surface area contributed by atoms with Gasteiger partial charge in [0.1, 0.15) is 6.04 Å². The van der Waals surface area contributed by atoms with Crippen molar-refractivity contribution in [3.8, 4) is 0 Å². The van der Waals surface area contributed by atoms with Crippen LogP contribution in [0.2, 0.25) is 0 Å². The molecule has 0 spiro atoms. The lowest BCUT2D eigenvalue weighted by Crippen LogP contribution is -2.51. The van der Waals surface area contributed by atoms with Gasteiger partial charge in [-0.25, -0.2) is 0 Å². The highest BCUT2D eigenvalue weighted by atomic mass is 16.2. The van der Waals surface area contributed by atoms with Crippen molar-refractivity contribution >= 4 is 11.8 Å². The molecule has 1 heterocycles. The summed E-state index contributed by atoms with van der Waals surface area (Å²) in [4.78, 5) is 26.2. The van der Waals surface area contributed by atoms with E-state index in [1.54, 1.807) is 4.90 Å². The number of hydrogen-bond acceptors (Lipinski definition) is 2. The molecule has 1 aliphatic rings. The van der Waals surface area contributed by atoms with Gasteiger partial charge in [-0.05, 0) is 11.0 Å². The number of benzene rings is 1. The smallest absolute Gasteiger partial charge is 0.246 e. The Labute approximate surface area is 120 Å². The van der Waals surface area contributed by atoms with Crippen LogP contribution in [0.5, 0.6) is 0 Å². The molecule has 4 heteroatoms. The van der Waals surface area contributed by atoms with Crippen LogP contribution in [-0.2, 0) is 16.1 Å². The number of nitrogens with zero attached hydrogens (tertiary/aromatic N) is 1. The first-order chi connectivity index (χ1) is 9.38. The summed E-state index contributed by atoms with van der Waals surface area (Å²) in [6, 6.07) is 9.42.